The molecule has 1 rings (SSSR count). The first-order chi connectivity index (χ1) is 9.63. The van der Waals surface area contributed by atoms with Gasteiger partial charge in [-0.2, -0.15) is 0 Å². The standard InChI is InChI=1S/C13H17NO5S2/c1-11-5-6-12(4-3-7-15)10-13(11)14-21(18,19)9-8-20(2,16)17/h5-6,10,14-15H,7-9H2,1-2H3. The molecule has 116 valence electrons. The van der Waals surface area contributed by atoms with Crippen LogP contribution in [0.25, 0.3) is 0 Å². The SMILES string of the molecule is Cc1ccc(C#CCO)cc1NS(=O)(=O)CCS(C)(=O)=O. The lowest BCUT2D eigenvalue weighted by molar-refractivity contribution is 0.350. The van der Waals surface area contributed by atoms with Crippen molar-refractivity contribution in [1.29, 1.82) is 0 Å². The summed E-state index contributed by atoms with van der Waals surface area (Å²) in [6.07, 6.45) is 0.985. The van der Waals surface area contributed by atoms with Gasteiger partial charge in [0, 0.05) is 11.8 Å². The Hall–Kier alpha value is -1.56. The molecule has 0 atom stereocenters. The third kappa shape index (κ3) is 6.62. The zero-order chi connectivity index (χ0) is 16.1. The number of benzene rings is 1. The number of rotatable bonds is 5. The van der Waals surface area contributed by atoms with Crippen molar-refractivity contribution in [1.82, 2.24) is 0 Å². The predicted octanol–water partition coefficient (Wildman–Crippen LogP) is 0.125. The molecule has 0 saturated heterocycles. The quantitative estimate of drug-likeness (QED) is 0.747. The van der Waals surface area contributed by atoms with Crippen LogP contribution in [0.15, 0.2) is 18.2 Å². The highest BCUT2D eigenvalue weighted by Crippen LogP contribution is 2.18. The summed E-state index contributed by atoms with van der Waals surface area (Å²) in [4.78, 5) is 0. The number of aryl methyl sites for hydroxylation is 1. The molecule has 0 amide bonds. The van der Waals surface area contributed by atoms with Crippen LogP contribution in [0.3, 0.4) is 0 Å². The minimum atomic E-state index is -3.75. The molecule has 1 aromatic carbocycles. The normalized spacial score (nSPS) is 11.6. The Morgan fingerprint density at radius 2 is 1.86 bits per heavy atom. The van der Waals surface area contributed by atoms with Crippen LogP contribution in [0.5, 0.6) is 0 Å². The van der Waals surface area contributed by atoms with Gasteiger partial charge in [-0.25, -0.2) is 16.8 Å². The van der Waals surface area contributed by atoms with Crippen molar-refractivity contribution in [2.45, 2.75) is 6.92 Å². The van der Waals surface area contributed by atoms with E-state index in [0.717, 1.165) is 6.26 Å². The van der Waals surface area contributed by atoms with Crippen molar-refractivity contribution in [2.24, 2.45) is 0 Å². The number of hydrogen-bond acceptors (Lipinski definition) is 5. The fraction of sp³-hybridized carbons (Fsp3) is 0.385. The average molecular weight is 331 g/mol. The third-order valence-corrected chi connectivity index (χ3v) is 5.01. The Balaban J connectivity index is 2.96. The minimum absolute atomic E-state index is 0.288. The molecule has 0 spiro atoms. The number of anilines is 1. The Kier molecular flexibility index (Phi) is 5.78. The maximum absolute atomic E-state index is 11.9. The Bertz CT molecular complexity index is 771. The second-order valence-electron chi connectivity index (χ2n) is 4.54. The van der Waals surface area contributed by atoms with E-state index in [4.69, 9.17) is 5.11 Å². The van der Waals surface area contributed by atoms with Gasteiger partial charge in [-0.3, -0.25) is 4.72 Å². The summed E-state index contributed by atoms with van der Waals surface area (Å²) in [6, 6.07) is 4.93. The number of sulfonamides is 1. The molecular formula is C13H17NO5S2. The van der Waals surface area contributed by atoms with Crippen LogP contribution in [0, 0.1) is 18.8 Å². The van der Waals surface area contributed by atoms with Crippen molar-refractivity contribution in [3.63, 3.8) is 0 Å². The van der Waals surface area contributed by atoms with E-state index < -0.39 is 31.4 Å². The molecule has 2 N–H and O–H groups in total. The molecule has 0 aliphatic carbocycles. The molecule has 21 heavy (non-hydrogen) atoms. The molecule has 0 unspecified atom stereocenters. The van der Waals surface area contributed by atoms with E-state index in [9.17, 15) is 16.8 Å². The van der Waals surface area contributed by atoms with Crippen molar-refractivity contribution >= 4 is 25.5 Å². The molecule has 1 aromatic rings. The topological polar surface area (TPSA) is 101 Å². The van der Waals surface area contributed by atoms with E-state index in [1.54, 1.807) is 19.1 Å². The summed E-state index contributed by atoms with van der Waals surface area (Å²) in [5.74, 6) is 4.20. The fourth-order valence-corrected chi connectivity index (χ4v) is 4.18. The number of aliphatic hydroxyl groups is 1. The number of nitrogens with one attached hydrogen (secondary N) is 1. The summed E-state index contributed by atoms with van der Waals surface area (Å²) in [6.45, 7) is 1.43. The fourth-order valence-electron chi connectivity index (χ4n) is 1.43. The largest absolute Gasteiger partial charge is 0.384 e. The second kappa shape index (κ2) is 6.93. The Morgan fingerprint density at radius 3 is 2.43 bits per heavy atom. The molecule has 0 radical (unpaired) electrons. The van der Waals surface area contributed by atoms with Gasteiger partial charge < -0.3 is 5.11 Å². The highest BCUT2D eigenvalue weighted by molar-refractivity contribution is 7.95. The van der Waals surface area contributed by atoms with Gasteiger partial charge >= 0.3 is 0 Å². The maximum Gasteiger partial charge on any atom is 0.233 e. The number of aliphatic hydroxyl groups excluding tert-OH is 1. The molecule has 0 saturated carbocycles. The molecule has 0 bridgehead atoms. The monoisotopic (exact) mass is 331 g/mol. The lowest BCUT2D eigenvalue weighted by Gasteiger charge is -2.10. The van der Waals surface area contributed by atoms with E-state index in [1.165, 1.54) is 6.07 Å². The van der Waals surface area contributed by atoms with Gasteiger partial charge in [0.2, 0.25) is 10.0 Å². The molecular weight excluding hydrogens is 314 g/mol. The molecule has 6 nitrogen and oxygen atoms in total. The smallest absolute Gasteiger partial charge is 0.233 e. The van der Waals surface area contributed by atoms with E-state index >= 15 is 0 Å². The maximum atomic E-state index is 11.9. The molecule has 0 aromatic heterocycles. The van der Waals surface area contributed by atoms with Crippen molar-refractivity contribution in [3.8, 4) is 11.8 Å². The summed E-state index contributed by atoms with van der Waals surface area (Å²) in [5.41, 5.74) is 1.58. The van der Waals surface area contributed by atoms with Gasteiger partial charge in [-0.1, -0.05) is 17.9 Å². The highest BCUT2D eigenvalue weighted by atomic mass is 32.2. The van der Waals surface area contributed by atoms with Crippen molar-refractivity contribution < 1.29 is 21.9 Å². The average Bonchev–Trinajstić information content (AvgIpc) is 2.36. The first-order valence-corrected chi connectivity index (χ1v) is 9.73. The lowest BCUT2D eigenvalue weighted by Crippen LogP contribution is -2.22. The summed E-state index contributed by atoms with van der Waals surface area (Å²) in [7, 11) is -7.10. The van der Waals surface area contributed by atoms with E-state index in [2.05, 4.69) is 16.6 Å². The van der Waals surface area contributed by atoms with Crippen molar-refractivity contribution in [2.75, 3.05) is 29.1 Å². The lowest BCUT2D eigenvalue weighted by atomic mass is 10.1. The zero-order valence-corrected chi connectivity index (χ0v) is 13.4. The van der Waals surface area contributed by atoms with Gasteiger partial charge in [0.15, 0.2) is 0 Å². The predicted molar refractivity (Wildman–Crippen MR) is 82.3 cm³/mol. The first-order valence-electron chi connectivity index (χ1n) is 6.01. The van der Waals surface area contributed by atoms with E-state index in [-0.39, 0.29) is 6.61 Å². The summed E-state index contributed by atoms with van der Waals surface area (Å²) in [5, 5.41) is 8.64. The molecule has 8 heteroatoms. The number of sulfone groups is 1. The molecule has 0 aliphatic heterocycles. The van der Waals surface area contributed by atoms with Gasteiger partial charge in [0.05, 0.1) is 17.2 Å². The van der Waals surface area contributed by atoms with Gasteiger partial charge in [0.1, 0.15) is 16.4 Å². The van der Waals surface area contributed by atoms with Crippen LogP contribution in [-0.4, -0.2) is 46.3 Å². The number of hydrogen-bond donors (Lipinski definition) is 2. The van der Waals surface area contributed by atoms with Gasteiger partial charge in [0.25, 0.3) is 0 Å². The second-order valence-corrected chi connectivity index (χ2v) is 8.64. The van der Waals surface area contributed by atoms with Crippen LogP contribution in [0.4, 0.5) is 5.69 Å². The van der Waals surface area contributed by atoms with Crippen LogP contribution < -0.4 is 4.72 Å². The summed E-state index contributed by atoms with van der Waals surface area (Å²) < 4.78 is 48.2. The van der Waals surface area contributed by atoms with Gasteiger partial charge in [-0.05, 0) is 24.6 Å². The van der Waals surface area contributed by atoms with E-state index in [1.807, 2.05) is 0 Å². The van der Waals surface area contributed by atoms with Crippen LogP contribution in [0.1, 0.15) is 11.1 Å². The highest BCUT2D eigenvalue weighted by Gasteiger charge is 2.15. The Morgan fingerprint density at radius 1 is 1.19 bits per heavy atom. The molecule has 0 fully saturated rings. The minimum Gasteiger partial charge on any atom is -0.384 e. The van der Waals surface area contributed by atoms with E-state index in [0.29, 0.717) is 16.8 Å². The molecule has 0 aliphatic rings. The molecule has 0 heterocycles. The van der Waals surface area contributed by atoms with Crippen LogP contribution in [0.2, 0.25) is 0 Å². The van der Waals surface area contributed by atoms with Crippen molar-refractivity contribution in [3.05, 3.63) is 29.3 Å². The van der Waals surface area contributed by atoms with Crippen LogP contribution in [-0.2, 0) is 19.9 Å². The third-order valence-electron chi connectivity index (χ3n) is 2.54. The van der Waals surface area contributed by atoms with Crippen LogP contribution >= 0.6 is 0 Å². The zero-order valence-electron chi connectivity index (χ0n) is 11.8. The summed E-state index contributed by atoms with van der Waals surface area (Å²) >= 11 is 0. The first kappa shape index (κ1) is 17.5. The Labute approximate surface area is 125 Å². The van der Waals surface area contributed by atoms with Gasteiger partial charge in [-0.15, -0.1) is 0 Å².